The van der Waals surface area contributed by atoms with E-state index in [2.05, 4.69) is 6.92 Å². The highest BCUT2D eigenvalue weighted by molar-refractivity contribution is 4.89. The standard InChI is InChI=1S/C10H18O2/c1-3-9(4-2)12-10-7-5-6-8-11-10/h3,10H,4-8H2,1-2H3. The second-order valence-electron chi connectivity index (χ2n) is 3.02. The molecule has 0 bridgehead atoms. The molecule has 1 aliphatic heterocycles. The molecule has 1 fully saturated rings. The Morgan fingerprint density at radius 1 is 1.58 bits per heavy atom. The van der Waals surface area contributed by atoms with E-state index in [4.69, 9.17) is 9.47 Å². The summed E-state index contributed by atoms with van der Waals surface area (Å²) in [5, 5.41) is 0. The lowest BCUT2D eigenvalue weighted by Gasteiger charge is -2.24. The van der Waals surface area contributed by atoms with Crippen molar-refractivity contribution in [2.75, 3.05) is 6.61 Å². The van der Waals surface area contributed by atoms with Crippen molar-refractivity contribution in [3.63, 3.8) is 0 Å². The van der Waals surface area contributed by atoms with E-state index in [1.165, 1.54) is 12.8 Å². The molecule has 1 saturated heterocycles. The number of hydrogen-bond donors (Lipinski definition) is 0. The summed E-state index contributed by atoms with van der Waals surface area (Å²) in [7, 11) is 0. The molecule has 1 heterocycles. The molecule has 0 aliphatic carbocycles. The fourth-order valence-electron chi connectivity index (χ4n) is 1.33. The number of allylic oxidation sites excluding steroid dienone is 2. The Morgan fingerprint density at radius 2 is 2.42 bits per heavy atom. The van der Waals surface area contributed by atoms with Gasteiger partial charge in [0.25, 0.3) is 0 Å². The van der Waals surface area contributed by atoms with Gasteiger partial charge >= 0.3 is 0 Å². The zero-order valence-electron chi connectivity index (χ0n) is 8.01. The molecular formula is C10H18O2. The summed E-state index contributed by atoms with van der Waals surface area (Å²) >= 11 is 0. The third-order valence-corrected chi connectivity index (χ3v) is 2.09. The van der Waals surface area contributed by atoms with Crippen LogP contribution >= 0.6 is 0 Å². The first-order valence-corrected chi connectivity index (χ1v) is 4.80. The van der Waals surface area contributed by atoms with E-state index in [1.807, 2.05) is 13.0 Å². The van der Waals surface area contributed by atoms with E-state index in [-0.39, 0.29) is 6.29 Å². The first-order valence-electron chi connectivity index (χ1n) is 4.80. The van der Waals surface area contributed by atoms with Gasteiger partial charge in [-0.2, -0.15) is 0 Å². The van der Waals surface area contributed by atoms with Gasteiger partial charge in [-0.15, -0.1) is 0 Å². The van der Waals surface area contributed by atoms with E-state index in [9.17, 15) is 0 Å². The summed E-state index contributed by atoms with van der Waals surface area (Å²) in [6.07, 6.45) is 6.43. The van der Waals surface area contributed by atoms with E-state index in [0.29, 0.717) is 0 Å². The van der Waals surface area contributed by atoms with Gasteiger partial charge < -0.3 is 9.47 Å². The lowest BCUT2D eigenvalue weighted by molar-refractivity contribution is -0.140. The van der Waals surface area contributed by atoms with E-state index < -0.39 is 0 Å². The van der Waals surface area contributed by atoms with E-state index in [1.54, 1.807) is 0 Å². The molecule has 1 unspecified atom stereocenters. The fraction of sp³-hybridized carbons (Fsp3) is 0.800. The zero-order valence-corrected chi connectivity index (χ0v) is 8.01. The van der Waals surface area contributed by atoms with Crippen LogP contribution in [0.5, 0.6) is 0 Å². The highest BCUT2D eigenvalue weighted by Gasteiger charge is 2.14. The van der Waals surface area contributed by atoms with Crippen molar-refractivity contribution in [3.05, 3.63) is 11.8 Å². The molecule has 0 N–H and O–H groups in total. The van der Waals surface area contributed by atoms with Crippen molar-refractivity contribution in [1.82, 2.24) is 0 Å². The van der Waals surface area contributed by atoms with Gasteiger partial charge in [0.05, 0.1) is 12.4 Å². The van der Waals surface area contributed by atoms with Gasteiger partial charge in [-0.1, -0.05) is 6.92 Å². The van der Waals surface area contributed by atoms with Gasteiger partial charge in [0.15, 0.2) is 6.29 Å². The summed E-state index contributed by atoms with van der Waals surface area (Å²) < 4.78 is 11.1. The molecule has 12 heavy (non-hydrogen) atoms. The lowest BCUT2D eigenvalue weighted by Crippen LogP contribution is -2.21. The normalized spacial score (nSPS) is 25.5. The predicted octanol–water partition coefficient (Wildman–Crippen LogP) is 2.84. The Morgan fingerprint density at radius 3 is 2.92 bits per heavy atom. The lowest BCUT2D eigenvalue weighted by atomic mass is 10.2. The average molecular weight is 170 g/mol. The number of rotatable bonds is 3. The second kappa shape index (κ2) is 5.20. The van der Waals surface area contributed by atoms with Crippen LogP contribution in [0.3, 0.4) is 0 Å². The topological polar surface area (TPSA) is 18.5 Å². The molecule has 0 aromatic carbocycles. The van der Waals surface area contributed by atoms with Gasteiger partial charge in [0.1, 0.15) is 0 Å². The minimum absolute atomic E-state index is 0.0184. The van der Waals surface area contributed by atoms with Crippen LogP contribution in [0.2, 0.25) is 0 Å². The SMILES string of the molecule is CC=C(CC)OC1CCCCO1. The molecule has 1 aliphatic rings. The molecule has 70 valence electrons. The quantitative estimate of drug-likeness (QED) is 0.606. The third-order valence-electron chi connectivity index (χ3n) is 2.09. The highest BCUT2D eigenvalue weighted by Crippen LogP contribution is 2.17. The Bertz CT molecular complexity index is 146. The van der Waals surface area contributed by atoms with Crippen molar-refractivity contribution in [2.45, 2.75) is 45.8 Å². The molecular weight excluding hydrogens is 152 g/mol. The van der Waals surface area contributed by atoms with Gasteiger partial charge in [-0.05, 0) is 25.8 Å². The van der Waals surface area contributed by atoms with Crippen molar-refractivity contribution in [2.24, 2.45) is 0 Å². The molecule has 0 amide bonds. The molecule has 1 atom stereocenters. The molecule has 2 nitrogen and oxygen atoms in total. The molecule has 0 aromatic heterocycles. The highest BCUT2D eigenvalue weighted by atomic mass is 16.7. The predicted molar refractivity (Wildman–Crippen MR) is 48.7 cm³/mol. The van der Waals surface area contributed by atoms with Crippen molar-refractivity contribution >= 4 is 0 Å². The van der Waals surface area contributed by atoms with Crippen LogP contribution in [0.4, 0.5) is 0 Å². The van der Waals surface area contributed by atoms with E-state index >= 15 is 0 Å². The maximum atomic E-state index is 5.63. The molecule has 0 aromatic rings. The Hall–Kier alpha value is -0.500. The maximum Gasteiger partial charge on any atom is 0.199 e. The van der Waals surface area contributed by atoms with Crippen LogP contribution in [0.1, 0.15) is 39.5 Å². The Labute approximate surface area is 74.6 Å². The van der Waals surface area contributed by atoms with E-state index in [0.717, 1.165) is 25.2 Å². The smallest absolute Gasteiger partial charge is 0.199 e. The van der Waals surface area contributed by atoms with Crippen molar-refractivity contribution in [1.29, 1.82) is 0 Å². The van der Waals surface area contributed by atoms with Gasteiger partial charge in [0, 0.05) is 12.8 Å². The Kier molecular flexibility index (Phi) is 4.15. The molecule has 2 heteroatoms. The first kappa shape index (κ1) is 9.59. The number of ether oxygens (including phenoxy) is 2. The van der Waals surface area contributed by atoms with Crippen LogP contribution in [-0.2, 0) is 9.47 Å². The van der Waals surface area contributed by atoms with Gasteiger partial charge in [-0.3, -0.25) is 0 Å². The first-order chi connectivity index (χ1) is 5.86. The molecule has 0 saturated carbocycles. The van der Waals surface area contributed by atoms with Crippen LogP contribution < -0.4 is 0 Å². The summed E-state index contributed by atoms with van der Waals surface area (Å²) in [4.78, 5) is 0. The van der Waals surface area contributed by atoms with Crippen LogP contribution in [0.25, 0.3) is 0 Å². The largest absolute Gasteiger partial charge is 0.470 e. The molecule has 1 rings (SSSR count). The Balaban J connectivity index is 2.28. The zero-order chi connectivity index (χ0) is 8.81. The second-order valence-corrected chi connectivity index (χ2v) is 3.02. The fourth-order valence-corrected chi connectivity index (χ4v) is 1.33. The van der Waals surface area contributed by atoms with Gasteiger partial charge in [0.2, 0.25) is 0 Å². The summed E-state index contributed by atoms with van der Waals surface area (Å²) in [5.74, 6) is 1.04. The van der Waals surface area contributed by atoms with Crippen LogP contribution in [0, 0.1) is 0 Å². The average Bonchev–Trinajstić information content (AvgIpc) is 2.16. The monoisotopic (exact) mass is 170 g/mol. The van der Waals surface area contributed by atoms with Gasteiger partial charge in [-0.25, -0.2) is 0 Å². The third kappa shape index (κ3) is 2.86. The summed E-state index contributed by atoms with van der Waals surface area (Å²) in [6.45, 7) is 4.95. The van der Waals surface area contributed by atoms with Crippen LogP contribution in [0.15, 0.2) is 11.8 Å². The molecule has 0 radical (unpaired) electrons. The summed E-state index contributed by atoms with van der Waals surface area (Å²) in [6, 6.07) is 0. The minimum atomic E-state index is 0.0184. The number of hydrogen-bond acceptors (Lipinski definition) is 2. The van der Waals surface area contributed by atoms with Crippen LogP contribution in [-0.4, -0.2) is 12.9 Å². The minimum Gasteiger partial charge on any atom is -0.470 e. The molecule has 0 spiro atoms. The summed E-state index contributed by atoms with van der Waals surface area (Å²) in [5.41, 5.74) is 0. The maximum absolute atomic E-state index is 5.63. The van der Waals surface area contributed by atoms with Crippen molar-refractivity contribution < 1.29 is 9.47 Å². The van der Waals surface area contributed by atoms with Crippen molar-refractivity contribution in [3.8, 4) is 0 Å².